The first-order valence-electron chi connectivity index (χ1n) is 5.37. The largest absolute Gasteiger partial charge is 0.369 e. The predicted octanol–water partition coefficient (Wildman–Crippen LogP) is 3.65. The van der Waals surface area contributed by atoms with Gasteiger partial charge < -0.3 is 9.05 Å². The molecule has 5 heteroatoms. The molecule has 0 aliphatic heterocycles. The van der Waals surface area contributed by atoms with E-state index in [1.54, 1.807) is 13.8 Å². The summed E-state index contributed by atoms with van der Waals surface area (Å²) in [5.74, 6) is 2.84. The van der Waals surface area contributed by atoms with E-state index in [0.717, 1.165) is 0 Å². The molecule has 0 spiro atoms. The van der Waals surface area contributed by atoms with Crippen LogP contribution in [0.1, 0.15) is 13.8 Å². The van der Waals surface area contributed by atoms with E-state index in [9.17, 15) is 4.57 Å². The van der Waals surface area contributed by atoms with Crippen LogP contribution < -0.4 is 0 Å². The predicted molar refractivity (Wildman–Crippen MR) is 71.1 cm³/mol. The molecule has 0 radical (unpaired) electrons. The second-order valence-electron chi connectivity index (χ2n) is 4.28. The molecule has 0 unspecified atom stereocenters. The topological polar surface area (TPSA) is 35.5 Å². The van der Waals surface area contributed by atoms with Gasteiger partial charge in [-0.1, -0.05) is 32.1 Å². The van der Waals surface area contributed by atoms with Gasteiger partial charge in [0.15, 0.2) is 0 Å². The molecule has 0 aromatic carbocycles. The molecule has 0 bridgehead atoms. The minimum absolute atomic E-state index is 0.263. The Morgan fingerprint density at radius 3 is 2.00 bits per heavy atom. The Labute approximate surface area is 99.8 Å². The van der Waals surface area contributed by atoms with Crippen LogP contribution in [0.4, 0.5) is 0 Å². The van der Waals surface area contributed by atoms with Crippen molar-refractivity contribution in [1.29, 1.82) is 0 Å². The first-order chi connectivity index (χ1) is 7.25. The van der Waals surface area contributed by atoms with Crippen molar-refractivity contribution in [3.63, 3.8) is 0 Å². The van der Waals surface area contributed by atoms with Crippen LogP contribution in [0.15, 0.2) is 11.9 Å². The molecule has 3 nitrogen and oxygen atoms in total. The molecule has 0 fully saturated rings. The monoisotopic (exact) mass is 260 g/mol. The standard InChI is InChI=1S/C11H21O3PSi/c1-7-13-15(12,14-8-2)11(3)9-10-16(4,5)6/h3,7-8H2,1-2,4-6H3. The Bertz CT molecular complexity index is 336. The molecule has 0 atom stereocenters. The van der Waals surface area contributed by atoms with Crippen LogP contribution >= 0.6 is 7.60 Å². The van der Waals surface area contributed by atoms with Gasteiger partial charge in [0.1, 0.15) is 13.4 Å². The minimum atomic E-state index is -3.24. The van der Waals surface area contributed by atoms with Crippen LogP contribution in [-0.4, -0.2) is 21.3 Å². The van der Waals surface area contributed by atoms with Crippen LogP contribution in [0.5, 0.6) is 0 Å². The van der Waals surface area contributed by atoms with Crippen molar-refractivity contribution in [2.45, 2.75) is 33.5 Å². The first-order valence-corrected chi connectivity index (χ1v) is 10.4. The zero-order valence-corrected chi connectivity index (χ0v) is 12.7. The summed E-state index contributed by atoms with van der Waals surface area (Å²) < 4.78 is 22.5. The molecule has 0 heterocycles. The Morgan fingerprint density at radius 2 is 1.69 bits per heavy atom. The van der Waals surface area contributed by atoms with Gasteiger partial charge in [-0.05, 0) is 13.8 Å². The van der Waals surface area contributed by atoms with Crippen LogP contribution in [-0.2, 0) is 13.6 Å². The second kappa shape index (κ2) is 6.41. The molecule has 0 saturated carbocycles. The molecule has 0 aliphatic rings. The minimum Gasteiger partial charge on any atom is -0.305 e. The lowest BCUT2D eigenvalue weighted by atomic mass is 10.7. The summed E-state index contributed by atoms with van der Waals surface area (Å²) in [5, 5.41) is 0.263. The van der Waals surface area contributed by atoms with Gasteiger partial charge in [0, 0.05) is 0 Å². The highest BCUT2D eigenvalue weighted by molar-refractivity contribution is 7.58. The number of rotatable bonds is 5. The SMILES string of the molecule is C=C(C#C[Si](C)(C)C)P(=O)(OCC)OCC. The summed E-state index contributed by atoms with van der Waals surface area (Å²) >= 11 is 0. The smallest absolute Gasteiger partial charge is 0.305 e. The van der Waals surface area contributed by atoms with Gasteiger partial charge in [-0.15, -0.1) is 5.54 Å². The van der Waals surface area contributed by atoms with Crippen LogP contribution in [0.2, 0.25) is 19.6 Å². The average Bonchev–Trinajstić information content (AvgIpc) is 2.13. The van der Waals surface area contributed by atoms with Crippen molar-refractivity contribution in [2.75, 3.05) is 13.2 Å². The summed E-state index contributed by atoms with van der Waals surface area (Å²) in [7, 11) is -4.74. The molecule has 92 valence electrons. The molecule has 0 amide bonds. The number of allylic oxidation sites excluding steroid dienone is 1. The highest BCUT2D eigenvalue weighted by Gasteiger charge is 2.27. The first kappa shape index (κ1) is 15.7. The quantitative estimate of drug-likeness (QED) is 0.430. The average molecular weight is 260 g/mol. The van der Waals surface area contributed by atoms with Gasteiger partial charge in [0.05, 0.1) is 13.2 Å². The second-order valence-corrected chi connectivity index (χ2v) is 11.1. The van der Waals surface area contributed by atoms with Crippen molar-refractivity contribution in [3.8, 4) is 11.5 Å². The van der Waals surface area contributed by atoms with Crippen molar-refractivity contribution < 1.29 is 13.6 Å². The molecule has 0 saturated heterocycles. The highest BCUT2D eigenvalue weighted by atomic mass is 31.2. The van der Waals surface area contributed by atoms with Gasteiger partial charge in [0.25, 0.3) is 0 Å². The Balaban J connectivity index is 4.88. The van der Waals surface area contributed by atoms with Gasteiger partial charge in [0.2, 0.25) is 0 Å². The lowest BCUT2D eigenvalue weighted by molar-refractivity contribution is 0.227. The summed E-state index contributed by atoms with van der Waals surface area (Å²) in [6.45, 7) is 14.2. The van der Waals surface area contributed by atoms with Crippen molar-refractivity contribution >= 4 is 15.7 Å². The molecule has 0 N–H and O–H groups in total. The molecule has 16 heavy (non-hydrogen) atoms. The van der Waals surface area contributed by atoms with E-state index in [-0.39, 0.29) is 5.31 Å². The normalized spacial score (nSPS) is 11.8. The van der Waals surface area contributed by atoms with Crippen molar-refractivity contribution in [2.24, 2.45) is 0 Å². The van der Waals surface area contributed by atoms with Crippen LogP contribution in [0, 0.1) is 11.5 Å². The maximum Gasteiger partial charge on any atom is 0.369 e. The third kappa shape index (κ3) is 5.67. The summed E-state index contributed by atoms with van der Waals surface area (Å²) in [5.41, 5.74) is 3.10. The third-order valence-electron chi connectivity index (χ3n) is 1.51. The molecule has 0 aromatic rings. The van der Waals surface area contributed by atoms with E-state index in [0.29, 0.717) is 13.2 Å². The maximum atomic E-state index is 12.2. The zero-order chi connectivity index (χ0) is 12.8. The maximum absolute atomic E-state index is 12.2. The van der Waals surface area contributed by atoms with E-state index >= 15 is 0 Å². The Morgan fingerprint density at radius 1 is 1.25 bits per heavy atom. The van der Waals surface area contributed by atoms with Crippen molar-refractivity contribution in [3.05, 3.63) is 11.9 Å². The fourth-order valence-electron chi connectivity index (χ4n) is 0.861. The molecule has 0 aromatic heterocycles. The van der Waals surface area contributed by atoms with Crippen LogP contribution in [0.25, 0.3) is 0 Å². The lowest BCUT2D eigenvalue weighted by Crippen LogP contribution is -2.16. The molecular formula is C11H21O3PSi. The Kier molecular flexibility index (Phi) is 6.28. The van der Waals surface area contributed by atoms with E-state index in [2.05, 4.69) is 37.7 Å². The zero-order valence-electron chi connectivity index (χ0n) is 10.8. The van der Waals surface area contributed by atoms with Gasteiger partial charge in [-0.3, -0.25) is 4.57 Å². The highest BCUT2D eigenvalue weighted by Crippen LogP contribution is 2.54. The fourth-order valence-corrected chi connectivity index (χ4v) is 2.75. The number of hydrogen-bond acceptors (Lipinski definition) is 3. The Hall–Kier alpha value is -0.333. The molecule has 0 rings (SSSR count). The van der Waals surface area contributed by atoms with E-state index in [1.165, 1.54) is 0 Å². The van der Waals surface area contributed by atoms with Gasteiger partial charge >= 0.3 is 7.60 Å². The number of hydrogen-bond donors (Lipinski definition) is 0. The lowest BCUT2D eigenvalue weighted by Gasteiger charge is -2.16. The van der Waals surface area contributed by atoms with Gasteiger partial charge in [-0.25, -0.2) is 0 Å². The van der Waals surface area contributed by atoms with E-state index in [1.807, 2.05) is 0 Å². The van der Waals surface area contributed by atoms with Crippen molar-refractivity contribution in [1.82, 2.24) is 0 Å². The fraction of sp³-hybridized carbons (Fsp3) is 0.636. The molecule has 0 aliphatic carbocycles. The van der Waals surface area contributed by atoms with Gasteiger partial charge in [-0.2, -0.15) is 0 Å². The molecular weight excluding hydrogens is 239 g/mol. The third-order valence-corrected chi connectivity index (χ3v) is 4.35. The van der Waals surface area contributed by atoms with E-state index in [4.69, 9.17) is 9.05 Å². The summed E-state index contributed by atoms with van der Waals surface area (Å²) in [6, 6.07) is 0. The van der Waals surface area contributed by atoms with Crippen LogP contribution in [0.3, 0.4) is 0 Å². The van der Waals surface area contributed by atoms with E-state index < -0.39 is 15.7 Å². The summed E-state index contributed by atoms with van der Waals surface area (Å²) in [6.07, 6.45) is 0. The summed E-state index contributed by atoms with van der Waals surface area (Å²) in [4.78, 5) is 0.